The number of nitrogens with zero attached hydrogens (tertiary/aromatic N) is 4. The van der Waals surface area contributed by atoms with E-state index in [1.807, 2.05) is 6.92 Å². The first-order chi connectivity index (χ1) is 16.7. The molecule has 1 aliphatic carbocycles. The lowest BCUT2D eigenvalue weighted by Crippen LogP contribution is -2.32. The second-order valence-corrected chi connectivity index (χ2v) is 8.76. The quantitative estimate of drug-likeness (QED) is 0.584. The van der Waals surface area contributed by atoms with Crippen LogP contribution in [0.3, 0.4) is 0 Å². The Balaban J connectivity index is 1.47. The van der Waals surface area contributed by atoms with Crippen LogP contribution < -0.4 is 5.32 Å². The lowest BCUT2D eigenvalue weighted by Gasteiger charge is -2.22. The summed E-state index contributed by atoms with van der Waals surface area (Å²) in [5.74, 6) is -1.79. The highest BCUT2D eigenvalue weighted by Crippen LogP contribution is 2.48. The van der Waals surface area contributed by atoms with E-state index in [2.05, 4.69) is 20.4 Å². The number of furan rings is 1. The third-order valence-electron chi connectivity index (χ3n) is 6.06. The van der Waals surface area contributed by atoms with Gasteiger partial charge in [-0.3, -0.25) is 19.4 Å². The molecule has 0 radical (unpaired) electrons. The van der Waals surface area contributed by atoms with Crippen molar-refractivity contribution in [2.45, 2.75) is 51.6 Å². The van der Waals surface area contributed by atoms with Crippen molar-refractivity contribution in [2.24, 2.45) is 0 Å². The first-order valence-electron chi connectivity index (χ1n) is 11.3. The Morgan fingerprint density at radius 1 is 1.26 bits per heavy atom. The second kappa shape index (κ2) is 9.08. The summed E-state index contributed by atoms with van der Waals surface area (Å²) in [6, 6.07) is 0. The van der Waals surface area contributed by atoms with Crippen LogP contribution in [0.1, 0.15) is 51.7 Å². The van der Waals surface area contributed by atoms with Gasteiger partial charge in [-0.15, -0.1) is 0 Å². The molecular weight excluding hydrogens is 467 g/mol. The third kappa shape index (κ3) is 4.67. The number of hydrogen-bond acceptors (Lipinski definition) is 7. The van der Waals surface area contributed by atoms with E-state index in [4.69, 9.17) is 13.9 Å². The number of aromatic nitrogens is 4. The molecule has 2 atom stereocenters. The van der Waals surface area contributed by atoms with Gasteiger partial charge in [0.25, 0.3) is 5.91 Å². The first-order valence-corrected chi connectivity index (χ1v) is 11.3. The molecule has 12 heteroatoms. The van der Waals surface area contributed by atoms with Gasteiger partial charge in [-0.05, 0) is 12.8 Å². The van der Waals surface area contributed by atoms with Crippen LogP contribution in [0.25, 0.3) is 11.3 Å². The van der Waals surface area contributed by atoms with Crippen LogP contribution in [0.2, 0.25) is 0 Å². The summed E-state index contributed by atoms with van der Waals surface area (Å²) in [6.07, 6.45) is -0.138. The van der Waals surface area contributed by atoms with Gasteiger partial charge in [-0.25, -0.2) is 0 Å². The minimum Gasteiger partial charge on any atom is -0.455 e. The number of carbonyl (C=O) groups excluding carboxylic acids is 1. The Morgan fingerprint density at radius 2 is 2.09 bits per heavy atom. The van der Waals surface area contributed by atoms with Crippen LogP contribution in [-0.2, 0) is 35.2 Å². The van der Waals surface area contributed by atoms with Crippen molar-refractivity contribution in [3.8, 4) is 11.3 Å². The van der Waals surface area contributed by atoms with Gasteiger partial charge in [0.05, 0.1) is 61.8 Å². The number of halogens is 3. The van der Waals surface area contributed by atoms with Gasteiger partial charge in [0.2, 0.25) is 5.76 Å². The van der Waals surface area contributed by atoms with Crippen LogP contribution in [-0.4, -0.2) is 51.6 Å². The molecule has 0 spiro atoms. The molecule has 35 heavy (non-hydrogen) atoms. The molecule has 1 saturated heterocycles. The van der Waals surface area contributed by atoms with E-state index in [1.54, 1.807) is 17.8 Å². The molecule has 1 unspecified atom stereocenters. The normalized spacial score (nSPS) is 19.8. The molecule has 1 fully saturated rings. The Kier molecular flexibility index (Phi) is 6.09. The molecule has 1 amide bonds. The Labute approximate surface area is 198 Å². The number of hydrogen-bond donors (Lipinski definition) is 1. The average Bonchev–Trinajstić information content (AvgIpc) is 3.41. The number of alkyl halides is 3. The average molecular weight is 491 g/mol. The Hall–Kier alpha value is -3.25. The van der Waals surface area contributed by atoms with Crippen LogP contribution in [0.4, 0.5) is 13.2 Å². The Bertz CT molecular complexity index is 1230. The summed E-state index contributed by atoms with van der Waals surface area (Å²) in [6.45, 7) is 5.26. The molecular formula is C23H24F3N5O4. The summed E-state index contributed by atoms with van der Waals surface area (Å²) in [4.78, 5) is 21.0. The molecule has 0 saturated carbocycles. The zero-order chi connectivity index (χ0) is 24.7. The smallest absolute Gasteiger partial charge is 0.420 e. The van der Waals surface area contributed by atoms with Gasteiger partial charge in [0.15, 0.2) is 0 Å². The van der Waals surface area contributed by atoms with E-state index in [-0.39, 0.29) is 42.0 Å². The molecule has 1 aliphatic heterocycles. The number of carbonyl (C=O) groups is 1. The van der Waals surface area contributed by atoms with Crippen molar-refractivity contribution < 1.29 is 31.9 Å². The molecule has 9 nitrogen and oxygen atoms in total. The van der Waals surface area contributed by atoms with Crippen molar-refractivity contribution in [1.29, 1.82) is 0 Å². The molecule has 3 aromatic heterocycles. The van der Waals surface area contributed by atoms with Gasteiger partial charge in [0.1, 0.15) is 17.4 Å². The van der Waals surface area contributed by atoms with Crippen molar-refractivity contribution in [3.05, 3.63) is 52.6 Å². The first kappa shape index (κ1) is 23.5. The van der Waals surface area contributed by atoms with Crippen molar-refractivity contribution in [2.75, 3.05) is 19.8 Å². The van der Waals surface area contributed by atoms with E-state index in [0.717, 1.165) is 0 Å². The summed E-state index contributed by atoms with van der Waals surface area (Å²) >= 11 is 0. The minimum atomic E-state index is -4.82. The molecule has 5 rings (SSSR count). The van der Waals surface area contributed by atoms with Gasteiger partial charge in [-0.2, -0.15) is 18.3 Å². The van der Waals surface area contributed by atoms with E-state index in [9.17, 15) is 18.0 Å². The highest BCUT2D eigenvalue weighted by Gasteiger charge is 2.46. The lowest BCUT2D eigenvalue weighted by atomic mass is 9.86. The summed E-state index contributed by atoms with van der Waals surface area (Å²) in [5.41, 5.74) is 0.654. The summed E-state index contributed by atoms with van der Waals surface area (Å²) in [7, 11) is 0. The fraction of sp³-hybridized carbons (Fsp3) is 0.478. The highest BCUT2D eigenvalue weighted by molar-refractivity contribution is 5.96. The standard InChI is InChI=1S/C23H24F3N5O4/c1-12-5-17-18(20-16(12)10-31(30-20)9-15-11-33-3-4-34-15)19(23(24,25)26)21(35-17)22(32)29-8-14-7-27-13(2)6-28-14/h6-7,10,12,15H,3-5,8-9,11H2,1-2H3,(H,29,32)/t12?,15-/m0/s1. The van der Waals surface area contributed by atoms with Gasteiger partial charge in [0, 0.05) is 24.4 Å². The monoisotopic (exact) mass is 491 g/mol. The van der Waals surface area contributed by atoms with Gasteiger partial charge >= 0.3 is 6.18 Å². The SMILES string of the molecule is Cc1cnc(CNC(=O)c2oc3c(c2C(F)(F)F)-c2nn(C[C@H]4COCCO4)cc2C(C)C3)cn1. The maximum Gasteiger partial charge on any atom is 0.420 e. The molecule has 0 aromatic carbocycles. The number of amides is 1. The van der Waals surface area contributed by atoms with Crippen LogP contribution in [0, 0.1) is 6.92 Å². The van der Waals surface area contributed by atoms with Gasteiger partial charge < -0.3 is 19.2 Å². The molecule has 0 bridgehead atoms. The fourth-order valence-electron chi connectivity index (χ4n) is 4.39. The van der Waals surface area contributed by atoms with Crippen LogP contribution >= 0.6 is 0 Å². The molecule has 4 heterocycles. The number of ether oxygens (including phenoxy) is 2. The summed E-state index contributed by atoms with van der Waals surface area (Å²) in [5, 5.41) is 6.92. The van der Waals surface area contributed by atoms with E-state index in [1.165, 1.54) is 12.4 Å². The molecule has 1 N–H and O–H groups in total. The third-order valence-corrected chi connectivity index (χ3v) is 6.06. The summed E-state index contributed by atoms with van der Waals surface area (Å²) < 4.78 is 61.0. The number of aryl methyl sites for hydroxylation is 1. The maximum atomic E-state index is 14.3. The zero-order valence-corrected chi connectivity index (χ0v) is 19.2. The van der Waals surface area contributed by atoms with Crippen molar-refractivity contribution >= 4 is 5.91 Å². The van der Waals surface area contributed by atoms with Crippen LogP contribution in [0.15, 0.2) is 23.0 Å². The van der Waals surface area contributed by atoms with Crippen LogP contribution in [0.5, 0.6) is 0 Å². The van der Waals surface area contributed by atoms with Gasteiger partial charge in [-0.1, -0.05) is 6.92 Å². The predicted octanol–water partition coefficient (Wildman–Crippen LogP) is 3.27. The van der Waals surface area contributed by atoms with E-state index >= 15 is 0 Å². The number of rotatable bonds is 5. The number of fused-ring (bicyclic) bond motifs is 3. The predicted molar refractivity (Wildman–Crippen MR) is 116 cm³/mol. The zero-order valence-electron chi connectivity index (χ0n) is 19.2. The maximum absolute atomic E-state index is 14.3. The topological polar surface area (TPSA) is 104 Å². The van der Waals surface area contributed by atoms with E-state index in [0.29, 0.717) is 43.3 Å². The highest BCUT2D eigenvalue weighted by atomic mass is 19.4. The second-order valence-electron chi connectivity index (χ2n) is 8.76. The largest absolute Gasteiger partial charge is 0.455 e. The Morgan fingerprint density at radius 3 is 2.77 bits per heavy atom. The number of nitrogens with one attached hydrogen (secondary N) is 1. The molecule has 2 aliphatic rings. The van der Waals surface area contributed by atoms with E-state index < -0.39 is 23.4 Å². The lowest BCUT2D eigenvalue weighted by molar-refractivity contribution is -0.137. The fourth-order valence-corrected chi connectivity index (χ4v) is 4.39. The molecule has 186 valence electrons. The minimum absolute atomic E-state index is 0.0888. The van der Waals surface area contributed by atoms with Crippen molar-refractivity contribution in [3.63, 3.8) is 0 Å². The van der Waals surface area contributed by atoms with Crippen molar-refractivity contribution in [1.82, 2.24) is 25.1 Å². The molecule has 3 aromatic rings.